The van der Waals surface area contributed by atoms with Crippen LogP contribution in [0.5, 0.6) is 0 Å². The number of nitrogens with zero attached hydrogens (tertiary/aromatic N) is 4. The van der Waals surface area contributed by atoms with Crippen molar-refractivity contribution in [3.8, 4) is 0 Å². The minimum Gasteiger partial charge on any atom is -0.481 e. The SMILES string of the molecule is CCOC(=O)C1CN(C)N=C1C(F)F.CN1CC(C(=O)O)C(C(F)F)=N1. The molecule has 0 spiro atoms. The lowest BCUT2D eigenvalue weighted by Crippen LogP contribution is -2.31. The van der Waals surface area contributed by atoms with Crippen molar-refractivity contribution < 1.29 is 37.0 Å². The Labute approximate surface area is 147 Å². The molecule has 0 fully saturated rings. The zero-order chi connectivity index (χ0) is 20.0. The number of esters is 1. The van der Waals surface area contributed by atoms with E-state index >= 15 is 0 Å². The zero-order valence-electron chi connectivity index (χ0n) is 14.4. The smallest absolute Gasteiger partial charge is 0.316 e. The van der Waals surface area contributed by atoms with Gasteiger partial charge in [-0.05, 0) is 6.92 Å². The molecule has 0 aromatic carbocycles. The summed E-state index contributed by atoms with van der Waals surface area (Å²) in [6, 6.07) is 0. The van der Waals surface area contributed by atoms with Crippen molar-refractivity contribution in [3.05, 3.63) is 0 Å². The first kappa shape index (κ1) is 21.6. The van der Waals surface area contributed by atoms with Gasteiger partial charge in [-0.25, -0.2) is 17.6 Å². The van der Waals surface area contributed by atoms with Crippen molar-refractivity contribution in [3.63, 3.8) is 0 Å². The summed E-state index contributed by atoms with van der Waals surface area (Å²) >= 11 is 0. The molecule has 0 saturated heterocycles. The molecule has 0 aromatic rings. The molecule has 0 radical (unpaired) electrons. The van der Waals surface area contributed by atoms with Gasteiger partial charge in [-0.15, -0.1) is 0 Å². The van der Waals surface area contributed by atoms with E-state index in [-0.39, 0.29) is 19.7 Å². The first-order chi connectivity index (χ1) is 12.1. The maximum Gasteiger partial charge on any atom is 0.316 e. The quantitative estimate of drug-likeness (QED) is 0.561. The Morgan fingerprint density at radius 2 is 1.50 bits per heavy atom. The van der Waals surface area contributed by atoms with E-state index < -0.39 is 48.0 Å². The van der Waals surface area contributed by atoms with Crippen LogP contribution in [0.25, 0.3) is 0 Å². The number of carbonyl (C=O) groups excluding carboxylic acids is 1. The van der Waals surface area contributed by atoms with E-state index in [1.807, 2.05) is 0 Å². The number of aliphatic carboxylic acids is 1. The van der Waals surface area contributed by atoms with Gasteiger partial charge in [0.15, 0.2) is 0 Å². The molecule has 2 aliphatic heterocycles. The van der Waals surface area contributed by atoms with Crippen molar-refractivity contribution in [2.45, 2.75) is 19.8 Å². The lowest BCUT2D eigenvalue weighted by Gasteiger charge is -2.10. The van der Waals surface area contributed by atoms with E-state index in [0.29, 0.717) is 0 Å². The fourth-order valence-electron chi connectivity index (χ4n) is 2.36. The van der Waals surface area contributed by atoms with Gasteiger partial charge in [0.25, 0.3) is 12.9 Å². The monoisotopic (exact) mass is 384 g/mol. The molecule has 2 heterocycles. The van der Waals surface area contributed by atoms with E-state index in [9.17, 15) is 27.2 Å². The molecule has 8 nitrogen and oxygen atoms in total. The molecular weight excluding hydrogens is 364 g/mol. The van der Waals surface area contributed by atoms with Crippen LogP contribution in [0.4, 0.5) is 17.6 Å². The molecule has 2 rings (SSSR count). The molecule has 0 bridgehead atoms. The Kier molecular flexibility index (Phi) is 7.77. The van der Waals surface area contributed by atoms with Crippen LogP contribution in [-0.4, -0.2) is 85.1 Å². The van der Waals surface area contributed by atoms with Gasteiger partial charge < -0.3 is 9.84 Å². The number of carboxylic acid groups (broad SMARTS) is 1. The van der Waals surface area contributed by atoms with Crippen molar-refractivity contribution in [2.24, 2.45) is 22.0 Å². The van der Waals surface area contributed by atoms with Crippen LogP contribution in [-0.2, 0) is 14.3 Å². The third-order valence-corrected chi connectivity index (χ3v) is 3.50. The van der Waals surface area contributed by atoms with Crippen LogP contribution < -0.4 is 0 Å². The summed E-state index contributed by atoms with van der Waals surface area (Å²) in [6.07, 6.45) is -5.48. The molecule has 2 aliphatic rings. The van der Waals surface area contributed by atoms with Crippen molar-refractivity contribution in [2.75, 3.05) is 33.8 Å². The maximum atomic E-state index is 12.4. The van der Waals surface area contributed by atoms with Crippen LogP contribution in [0.2, 0.25) is 0 Å². The normalized spacial score (nSPS) is 22.2. The zero-order valence-corrected chi connectivity index (χ0v) is 14.4. The number of carboxylic acids is 1. The summed E-state index contributed by atoms with van der Waals surface area (Å²) in [5.74, 6) is -3.95. The summed E-state index contributed by atoms with van der Waals surface area (Å²) in [7, 11) is 3.01. The van der Waals surface area contributed by atoms with Gasteiger partial charge in [-0.2, -0.15) is 10.2 Å². The molecular formula is C14H20F4N4O4. The first-order valence-electron chi connectivity index (χ1n) is 7.63. The predicted molar refractivity (Wildman–Crippen MR) is 83.4 cm³/mol. The summed E-state index contributed by atoms with van der Waals surface area (Å²) in [5.41, 5.74) is -0.948. The topological polar surface area (TPSA) is 94.8 Å². The molecule has 2 atom stereocenters. The third kappa shape index (κ3) is 5.56. The molecule has 0 amide bonds. The van der Waals surface area contributed by atoms with Crippen molar-refractivity contribution >= 4 is 23.4 Å². The van der Waals surface area contributed by atoms with Gasteiger partial charge in [0.1, 0.15) is 23.3 Å². The van der Waals surface area contributed by atoms with Crippen LogP contribution in [0.15, 0.2) is 10.2 Å². The van der Waals surface area contributed by atoms with Crippen molar-refractivity contribution in [1.82, 2.24) is 10.0 Å². The number of hydrogen-bond acceptors (Lipinski definition) is 7. The van der Waals surface area contributed by atoms with E-state index in [0.717, 1.165) is 0 Å². The fourth-order valence-corrected chi connectivity index (χ4v) is 2.36. The number of halogens is 4. The highest BCUT2D eigenvalue weighted by Crippen LogP contribution is 2.19. The fraction of sp³-hybridized carbons (Fsp3) is 0.714. The largest absolute Gasteiger partial charge is 0.481 e. The predicted octanol–water partition coefficient (Wildman–Crippen LogP) is 0.986. The first-order valence-corrected chi connectivity index (χ1v) is 7.63. The molecule has 0 aromatic heterocycles. The second-order valence-electron chi connectivity index (χ2n) is 5.53. The highest BCUT2D eigenvalue weighted by molar-refractivity contribution is 6.05. The number of hydrogen-bond donors (Lipinski definition) is 1. The second kappa shape index (κ2) is 9.34. The Hall–Kier alpha value is -2.40. The van der Waals surface area contributed by atoms with Crippen LogP contribution in [0.1, 0.15) is 6.92 Å². The van der Waals surface area contributed by atoms with Gasteiger partial charge in [0, 0.05) is 14.1 Å². The van der Waals surface area contributed by atoms with Gasteiger partial charge in [-0.3, -0.25) is 19.6 Å². The summed E-state index contributed by atoms with van der Waals surface area (Å²) in [4.78, 5) is 21.7. The molecule has 1 N–H and O–H groups in total. The van der Waals surface area contributed by atoms with E-state index in [1.165, 1.54) is 17.1 Å². The van der Waals surface area contributed by atoms with Crippen LogP contribution in [0.3, 0.4) is 0 Å². The van der Waals surface area contributed by atoms with Gasteiger partial charge in [0.2, 0.25) is 0 Å². The van der Waals surface area contributed by atoms with Gasteiger partial charge >= 0.3 is 11.9 Å². The highest BCUT2D eigenvalue weighted by atomic mass is 19.3. The Morgan fingerprint density at radius 3 is 1.85 bits per heavy atom. The molecule has 2 unspecified atom stereocenters. The van der Waals surface area contributed by atoms with Crippen LogP contribution in [0, 0.1) is 11.8 Å². The standard InChI is InChI=1S/C8H12F2N2O2.C6H8F2N2O2/c1-3-14-8(13)5-4-12(2)11-6(5)7(9)10;1-10-2-3(6(11)12)4(9-10)5(7)8/h5,7H,3-4H2,1-2H3;3,5H,2H2,1H3,(H,11,12). The van der Waals surface area contributed by atoms with E-state index in [1.54, 1.807) is 14.0 Å². The Balaban J connectivity index is 0.000000263. The molecule has 0 aliphatic carbocycles. The molecule has 26 heavy (non-hydrogen) atoms. The molecule has 12 heteroatoms. The number of rotatable bonds is 5. The second-order valence-corrected chi connectivity index (χ2v) is 5.53. The van der Waals surface area contributed by atoms with Crippen molar-refractivity contribution in [1.29, 1.82) is 0 Å². The Morgan fingerprint density at radius 1 is 1.08 bits per heavy atom. The van der Waals surface area contributed by atoms with Crippen LogP contribution >= 0.6 is 0 Å². The minimum atomic E-state index is -2.78. The lowest BCUT2D eigenvalue weighted by atomic mass is 10.1. The van der Waals surface area contributed by atoms with Gasteiger partial charge in [0.05, 0.1) is 19.7 Å². The number of ether oxygens (including phenoxy) is 1. The summed E-state index contributed by atoms with van der Waals surface area (Å²) in [6.45, 7) is 2.01. The molecule has 0 saturated carbocycles. The number of alkyl halides is 4. The lowest BCUT2D eigenvalue weighted by molar-refractivity contribution is -0.145. The maximum absolute atomic E-state index is 12.4. The molecule has 148 valence electrons. The average molecular weight is 384 g/mol. The number of carbonyl (C=O) groups is 2. The summed E-state index contributed by atoms with van der Waals surface area (Å²) in [5, 5.41) is 18.0. The average Bonchev–Trinajstić information content (AvgIpc) is 3.11. The number of hydrazone groups is 2. The summed E-state index contributed by atoms with van der Waals surface area (Å²) < 4.78 is 53.7. The third-order valence-electron chi connectivity index (χ3n) is 3.50. The highest BCUT2D eigenvalue weighted by Gasteiger charge is 2.37. The van der Waals surface area contributed by atoms with Gasteiger partial charge in [-0.1, -0.05) is 0 Å². The minimum absolute atomic E-state index is 0.0228. The Bertz CT molecular complexity index is 585. The van der Waals surface area contributed by atoms with E-state index in [2.05, 4.69) is 14.9 Å². The van der Waals surface area contributed by atoms with E-state index in [4.69, 9.17) is 5.11 Å².